The molecule has 0 radical (unpaired) electrons. The molecule has 6 nitrogen and oxygen atoms in total. The van der Waals surface area contributed by atoms with Crippen molar-refractivity contribution in [2.24, 2.45) is 4.99 Å². The zero-order valence-electron chi connectivity index (χ0n) is 16.3. The Hall–Kier alpha value is -2.60. The molecule has 1 fully saturated rings. The van der Waals surface area contributed by atoms with Crippen molar-refractivity contribution < 1.29 is 4.74 Å². The highest BCUT2D eigenvalue weighted by Crippen LogP contribution is 2.10. The van der Waals surface area contributed by atoms with E-state index in [0.717, 1.165) is 44.4 Å². The van der Waals surface area contributed by atoms with Crippen molar-refractivity contribution in [2.75, 3.05) is 46.4 Å². The molecule has 0 unspecified atom stereocenters. The second-order valence-electron chi connectivity index (χ2n) is 6.76. The van der Waals surface area contributed by atoms with Gasteiger partial charge in [-0.15, -0.1) is 0 Å². The number of nitrogens with zero attached hydrogens (tertiary/aromatic N) is 4. The van der Waals surface area contributed by atoms with Gasteiger partial charge in [0, 0.05) is 46.0 Å². The van der Waals surface area contributed by atoms with E-state index in [1.807, 2.05) is 19.2 Å². The molecule has 2 heterocycles. The maximum absolute atomic E-state index is 5.67. The second-order valence-corrected chi connectivity index (χ2v) is 6.76. The molecular weight excluding hydrogens is 338 g/mol. The van der Waals surface area contributed by atoms with Crippen LogP contribution in [0.15, 0.2) is 53.8 Å². The number of hydrogen-bond donors (Lipinski definition) is 1. The van der Waals surface area contributed by atoms with Crippen molar-refractivity contribution in [3.05, 3.63) is 59.9 Å². The Bertz CT molecular complexity index is 726. The van der Waals surface area contributed by atoms with Gasteiger partial charge >= 0.3 is 0 Å². The number of benzene rings is 1. The first-order valence-corrected chi connectivity index (χ1v) is 9.51. The highest BCUT2D eigenvalue weighted by atomic mass is 16.5. The van der Waals surface area contributed by atoms with E-state index in [1.54, 1.807) is 12.4 Å². The van der Waals surface area contributed by atoms with Crippen LogP contribution >= 0.6 is 0 Å². The molecule has 0 bridgehead atoms. The third-order valence-corrected chi connectivity index (χ3v) is 4.66. The standard InChI is InChI=1S/C21H29N5O/c1-18-5-3-6-19(15-18)17-25-10-12-26(13-11-25)21(22-2)24-9-14-27-20-7-4-8-23-16-20/h3-8,15-16H,9-14,17H2,1-2H3,(H,22,24). The predicted octanol–water partition coefficient (Wildman–Crippen LogP) is 2.16. The van der Waals surface area contributed by atoms with E-state index in [9.17, 15) is 0 Å². The molecular formula is C21H29N5O. The maximum atomic E-state index is 5.67. The topological polar surface area (TPSA) is 53.0 Å². The lowest BCUT2D eigenvalue weighted by atomic mass is 10.1. The molecule has 1 aromatic heterocycles. The Labute approximate surface area is 161 Å². The SMILES string of the molecule is CN=C(NCCOc1cccnc1)N1CCN(Cc2cccc(C)c2)CC1. The van der Waals surface area contributed by atoms with E-state index in [0.29, 0.717) is 13.2 Å². The minimum absolute atomic E-state index is 0.581. The summed E-state index contributed by atoms with van der Waals surface area (Å²) in [4.78, 5) is 13.3. The van der Waals surface area contributed by atoms with Gasteiger partial charge in [0.15, 0.2) is 5.96 Å². The number of pyridine rings is 1. The van der Waals surface area contributed by atoms with Crippen LogP contribution in [0.25, 0.3) is 0 Å². The summed E-state index contributed by atoms with van der Waals surface area (Å²) in [6.45, 7) is 8.50. The first-order valence-electron chi connectivity index (χ1n) is 9.51. The van der Waals surface area contributed by atoms with Crippen LogP contribution in [0.1, 0.15) is 11.1 Å². The van der Waals surface area contributed by atoms with Gasteiger partial charge in [-0.05, 0) is 24.6 Å². The molecule has 6 heteroatoms. The highest BCUT2D eigenvalue weighted by Gasteiger charge is 2.19. The molecule has 1 aromatic carbocycles. The molecule has 1 aliphatic heterocycles. The molecule has 3 rings (SSSR count). The zero-order chi connectivity index (χ0) is 18.9. The van der Waals surface area contributed by atoms with Crippen LogP contribution in [0.3, 0.4) is 0 Å². The zero-order valence-corrected chi connectivity index (χ0v) is 16.3. The number of piperazine rings is 1. The van der Waals surface area contributed by atoms with Crippen molar-refractivity contribution in [3.63, 3.8) is 0 Å². The van der Waals surface area contributed by atoms with Gasteiger partial charge in [0.05, 0.1) is 12.7 Å². The minimum Gasteiger partial charge on any atom is -0.490 e. The summed E-state index contributed by atoms with van der Waals surface area (Å²) in [5.74, 6) is 1.74. The molecule has 144 valence electrons. The number of guanidine groups is 1. The second kappa shape index (κ2) is 9.92. The Kier molecular flexibility index (Phi) is 7.04. The summed E-state index contributed by atoms with van der Waals surface area (Å²) >= 11 is 0. The molecule has 1 aliphatic rings. The molecule has 0 spiro atoms. The average molecular weight is 367 g/mol. The van der Waals surface area contributed by atoms with Crippen LogP contribution in [0.5, 0.6) is 5.75 Å². The highest BCUT2D eigenvalue weighted by molar-refractivity contribution is 5.80. The van der Waals surface area contributed by atoms with Crippen LogP contribution in [-0.4, -0.2) is 67.1 Å². The number of aliphatic imine (C=N–C) groups is 1. The molecule has 1 saturated heterocycles. The van der Waals surface area contributed by atoms with E-state index in [1.165, 1.54) is 11.1 Å². The lowest BCUT2D eigenvalue weighted by molar-refractivity contribution is 0.172. The Balaban J connectivity index is 1.39. The van der Waals surface area contributed by atoms with Gasteiger partial charge in [0.25, 0.3) is 0 Å². The third-order valence-electron chi connectivity index (χ3n) is 4.66. The van der Waals surface area contributed by atoms with Gasteiger partial charge < -0.3 is 15.0 Å². The smallest absolute Gasteiger partial charge is 0.193 e. The van der Waals surface area contributed by atoms with E-state index in [2.05, 4.69) is 56.3 Å². The predicted molar refractivity (Wildman–Crippen MR) is 109 cm³/mol. The van der Waals surface area contributed by atoms with Gasteiger partial charge in [0.2, 0.25) is 0 Å². The largest absolute Gasteiger partial charge is 0.490 e. The summed E-state index contributed by atoms with van der Waals surface area (Å²) in [7, 11) is 1.84. The molecule has 2 aromatic rings. The van der Waals surface area contributed by atoms with Crippen LogP contribution in [-0.2, 0) is 6.54 Å². The molecule has 0 atom stereocenters. The number of nitrogens with one attached hydrogen (secondary N) is 1. The van der Waals surface area contributed by atoms with E-state index in [-0.39, 0.29) is 0 Å². The summed E-state index contributed by atoms with van der Waals surface area (Å²) in [5.41, 5.74) is 2.71. The molecule has 0 amide bonds. The van der Waals surface area contributed by atoms with E-state index >= 15 is 0 Å². The third kappa shape index (κ3) is 5.96. The first-order chi connectivity index (χ1) is 13.2. The van der Waals surface area contributed by atoms with Crippen molar-refractivity contribution in [1.29, 1.82) is 0 Å². The van der Waals surface area contributed by atoms with Crippen LogP contribution < -0.4 is 10.1 Å². The fraction of sp³-hybridized carbons (Fsp3) is 0.429. The normalized spacial score (nSPS) is 15.6. The molecule has 0 aliphatic carbocycles. The maximum Gasteiger partial charge on any atom is 0.193 e. The lowest BCUT2D eigenvalue weighted by Crippen LogP contribution is -2.52. The van der Waals surface area contributed by atoms with Crippen LogP contribution in [0.2, 0.25) is 0 Å². The Morgan fingerprint density at radius 3 is 2.74 bits per heavy atom. The fourth-order valence-electron chi connectivity index (χ4n) is 3.28. The summed E-state index contributed by atoms with van der Waals surface area (Å²) in [6, 6.07) is 12.6. The van der Waals surface area contributed by atoms with E-state index < -0.39 is 0 Å². The van der Waals surface area contributed by atoms with E-state index in [4.69, 9.17) is 4.74 Å². The molecule has 1 N–H and O–H groups in total. The monoisotopic (exact) mass is 367 g/mol. The van der Waals surface area contributed by atoms with Crippen molar-refractivity contribution in [3.8, 4) is 5.75 Å². The quantitative estimate of drug-likeness (QED) is 0.482. The van der Waals surface area contributed by atoms with Gasteiger partial charge in [-0.25, -0.2) is 0 Å². The average Bonchev–Trinajstić information content (AvgIpc) is 2.70. The fourth-order valence-corrected chi connectivity index (χ4v) is 3.28. The van der Waals surface area contributed by atoms with Gasteiger partial charge in [0.1, 0.15) is 12.4 Å². The molecule has 27 heavy (non-hydrogen) atoms. The van der Waals surface area contributed by atoms with Crippen molar-refractivity contribution in [2.45, 2.75) is 13.5 Å². The number of ether oxygens (including phenoxy) is 1. The summed E-state index contributed by atoms with van der Waals surface area (Å²) in [5, 5.41) is 3.39. The van der Waals surface area contributed by atoms with Gasteiger partial charge in [-0.2, -0.15) is 0 Å². The number of aromatic nitrogens is 1. The Morgan fingerprint density at radius 1 is 1.19 bits per heavy atom. The summed E-state index contributed by atoms with van der Waals surface area (Å²) < 4.78 is 5.67. The van der Waals surface area contributed by atoms with Gasteiger partial charge in [-0.1, -0.05) is 29.8 Å². The van der Waals surface area contributed by atoms with Crippen molar-refractivity contribution in [1.82, 2.24) is 20.1 Å². The van der Waals surface area contributed by atoms with Crippen LogP contribution in [0.4, 0.5) is 0 Å². The Morgan fingerprint density at radius 2 is 2.04 bits per heavy atom. The number of aryl methyl sites for hydroxylation is 1. The number of rotatable bonds is 6. The van der Waals surface area contributed by atoms with Crippen molar-refractivity contribution >= 4 is 5.96 Å². The summed E-state index contributed by atoms with van der Waals surface area (Å²) in [6.07, 6.45) is 3.47. The molecule has 0 saturated carbocycles. The number of hydrogen-bond acceptors (Lipinski definition) is 4. The van der Waals surface area contributed by atoms with Gasteiger partial charge in [-0.3, -0.25) is 14.9 Å². The first kappa shape index (κ1) is 19.2. The minimum atomic E-state index is 0.581. The van der Waals surface area contributed by atoms with Crippen LogP contribution in [0, 0.1) is 6.92 Å². The lowest BCUT2D eigenvalue weighted by Gasteiger charge is -2.36.